The number of amides is 1. The topological polar surface area (TPSA) is 38.1 Å². The maximum absolute atomic E-state index is 12.2. The maximum atomic E-state index is 12.2. The van der Waals surface area contributed by atoms with Gasteiger partial charge in [0.05, 0.1) is 6.54 Å². The van der Waals surface area contributed by atoms with Crippen molar-refractivity contribution in [2.75, 3.05) is 13.1 Å². The largest absolute Gasteiger partial charge is 0.335 e. The molecule has 0 spiro atoms. The van der Waals surface area contributed by atoms with Gasteiger partial charge >= 0.3 is 0 Å². The van der Waals surface area contributed by atoms with Gasteiger partial charge in [0.15, 0.2) is 0 Å². The van der Waals surface area contributed by atoms with E-state index in [1.807, 2.05) is 0 Å². The molecule has 0 aromatic carbocycles. The predicted molar refractivity (Wildman–Crippen MR) is 56.2 cm³/mol. The molecular weight excluding hydrogens is 284 g/mol. The summed E-state index contributed by atoms with van der Waals surface area (Å²) < 4.78 is 26.7. The van der Waals surface area contributed by atoms with Gasteiger partial charge in [0.2, 0.25) is 5.91 Å². The lowest BCUT2D eigenvalue weighted by atomic mass is 10.3. The summed E-state index contributed by atoms with van der Waals surface area (Å²) in [6.07, 6.45) is -1.93. The highest BCUT2D eigenvalue weighted by Crippen LogP contribution is 2.15. The van der Waals surface area contributed by atoms with Crippen LogP contribution in [0.25, 0.3) is 0 Å². The highest BCUT2D eigenvalue weighted by atomic mass is 79.9. The van der Waals surface area contributed by atoms with E-state index >= 15 is 0 Å². The van der Waals surface area contributed by atoms with Crippen molar-refractivity contribution in [2.24, 2.45) is 0 Å². The fourth-order valence-electron chi connectivity index (χ4n) is 1.72. The van der Waals surface area contributed by atoms with Crippen LogP contribution in [0.1, 0.15) is 5.69 Å². The van der Waals surface area contributed by atoms with E-state index in [1.165, 1.54) is 4.90 Å². The van der Waals surface area contributed by atoms with Crippen molar-refractivity contribution in [3.8, 4) is 0 Å². The van der Waals surface area contributed by atoms with Gasteiger partial charge in [-0.1, -0.05) is 0 Å². The van der Waals surface area contributed by atoms with Crippen LogP contribution < -0.4 is 0 Å². The zero-order valence-electron chi connectivity index (χ0n) is 8.37. The first-order chi connectivity index (χ1) is 7.56. The molecule has 0 atom stereocenters. The van der Waals surface area contributed by atoms with Gasteiger partial charge in [-0.3, -0.25) is 9.48 Å². The smallest absolute Gasteiger partial charge is 0.255 e. The molecule has 1 aliphatic rings. The lowest BCUT2D eigenvalue weighted by Crippen LogP contribution is -2.36. The number of carbonyl (C=O) groups excluding carboxylic acids is 1. The Hall–Kier alpha value is -0.980. The number of aromatic nitrogens is 2. The van der Waals surface area contributed by atoms with Crippen molar-refractivity contribution in [3.05, 3.63) is 16.4 Å². The standard InChI is InChI=1S/C9H10BrF2N3O/c10-7-3-6-1-2-14(4-8(11)12)9(16)5-15(6)13-7/h3,8H,1-2,4-5H2. The fraction of sp³-hybridized carbons (Fsp3) is 0.556. The number of hydrogen-bond acceptors (Lipinski definition) is 2. The van der Waals surface area contributed by atoms with Crippen molar-refractivity contribution in [1.29, 1.82) is 0 Å². The minimum absolute atomic E-state index is 0.0354. The predicted octanol–water partition coefficient (Wildman–Crippen LogP) is 1.30. The van der Waals surface area contributed by atoms with Crippen molar-refractivity contribution >= 4 is 21.8 Å². The summed E-state index contributed by atoms with van der Waals surface area (Å²) in [4.78, 5) is 12.8. The first kappa shape index (κ1) is 11.5. The number of alkyl halides is 2. The monoisotopic (exact) mass is 293 g/mol. The molecule has 7 heteroatoms. The molecule has 2 rings (SSSR count). The molecule has 4 nitrogen and oxygen atoms in total. The van der Waals surface area contributed by atoms with Crippen molar-refractivity contribution < 1.29 is 13.6 Å². The van der Waals surface area contributed by atoms with E-state index in [0.717, 1.165) is 5.69 Å². The number of hydrogen-bond donors (Lipinski definition) is 0. The lowest BCUT2D eigenvalue weighted by molar-refractivity contribution is -0.133. The van der Waals surface area contributed by atoms with E-state index in [2.05, 4.69) is 21.0 Å². The minimum atomic E-state index is -2.49. The van der Waals surface area contributed by atoms with Crippen LogP contribution in [0.5, 0.6) is 0 Å². The molecule has 0 radical (unpaired) electrons. The van der Waals surface area contributed by atoms with Gasteiger partial charge in [-0.2, -0.15) is 5.10 Å². The van der Waals surface area contributed by atoms with Crippen LogP contribution in [-0.4, -0.2) is 40.1 Å². The summed E-state index contributed by atoms with van der Waals surface area (Å²) >= 11 is 3.22. The van der Waals surface area contributed by atoms with E-state index in [4.69, 9.17) is 0 Å². The number of carbonyl (C=O) groups is 1. The summed E-state index contributed by atoms with van der Waals surface area (Å²) in [7, 11) is 0. The zero-order valence-corrected chi connectivity index (χ0v) is 9.95. The van der Waals surface area contributed by atoms with Crippen LogP contribution in [0.4, 0.5) is 8.78 Å². The molecule has 2 heterocycles. The molecule has 0 aliphatic carbocycles. The molecule has 0 saturated heterocycles. The van der Waals surface area contributed by atoms with E-state index in [1.54, 1.807) is 10.7 Å². The van der Waals surface area contributed by atoms with Gasteiger partial charge < -0.3 is 4.90 Å². The molecule has 0 bridgehead atoms. The molecule has 88 valence electrons. The van der Waals surface area contributed by atoms with Crippen molar-refractivity contribution in [1.82, 2.24) is 14.7 Å². The molecule has 0 unspecified atom stereocenters. The normalized spacial score (nSPS) is 16.5. The van der Waals surface area contributed by atoms with Gasteiger partial charge in [0.1, 0.15) is 11.1 Å². The SMILES string of the molecule is O=C1Cn2nc(Br)cc2CCN1CC(F)F. The van der Waals surface area contributed by atoms with Crippen LogP contribution >= 0.6 is 15.9 Å². The van der Waals surface area contributed by atoms with Crippen LogP contribution in [0.2, 0.25) is 0 Å². The van der Waals surface area contributed by atoms with Crippen molar-refractivity contribution in [2.45, 2.75) is 19.4 Å². The van der Waals surface area contributed by atoms with Gasteiger partial charge in [-0.15, -0.1) is 0 Å². The summed E-state index contributed by atoms with van der Waals surface area (Å²) in [6, 6.07) is 1.80. The van der Waals surface area contributed by atoms with Gasteiger partial charge in [0, 0.05) is 18.7 Å². The summed E-state index contributed by atoms with van der Waals surface area (Å²) in [6.45, 7) is -0.139. The molecule has 1 aliphatic heterocycles. The molecule has 0 N–H and O–H groups in total. The summed E-state index contributed by atoms with van der Waals surface area (Å²) in [5, 5.41) is 4.07. The van der Waals surface area contributed by atoms with E-state index in [-0.39, 0.29) is 12.5 Å². The maximum Gasteiger partial charge on any atom is 0.255 e. The Labute approximate surface area is 99.3 Å². The van der Waals surface area contributed by atoms with Crippen molar-refractivity contribution in [3.63, 3.8) is 0 Å². The van der Waals surface area contributed by atoms with Crippen LogP contribution in [0.15, 0.2) is 10.7 Å². The number of rotatable bonds is 2. The highest BCUT2D eigenvalue weighted by molar-refractivity contribution is 9.10. The first-order valence-corrected chi connectivity index (χ1v) is 5.63. The van der Waals surface area contributed by atoms with Crippen LogP contribution in [0.3, 0.4) is 0 Å². The van der Waals surface area contributed by atoms with E-state index in [9.17, 15) is 13.6 Å². The lowest BCUT2D eigenvalue weighted by Gasteiger charge is -2.19. The summed E-state index contributed by atoms with van der Waals surface area (Å²) in [5.41, 5.74) is 0.886. The Morgan fingerprint density at radius 2 is 2.31 bits per heavy atom. The number of fused-ring (bicyclic) bond motifs is 1. The second-order valence-corrected chi connectivity index (χ2v) is 4.41. The average Bonchev–Trinajstić information content (AvgIpc) is 2.46. The molecule has 1 aromatic heterocycles. The molecule has 0 fully saturated rings. The second kappa shape index (κ2) is 4.48. The van der Waals surface area contributed by atoms with Gasteiger partial charge in [-0.25, -0.2) is 8.78 Å². The molecule has 1 aromatic rings. The van der Waals surface area contributed by atoms with Gasteiger partial charge in [-0.05, 0) is 22.0 Å². The Morgan fingerprint density at radius 1 is 1.56 bits per heavy atom. The number of halogens is 3. The Bertz CT molecular complexity index is 407. The average molecular weight is 294 g/mol. The van der Waals surface area contributed by atoms with Crippen LogP contribution in [0, 0.1) is 0 Å². The quantitative estimate of drug-likeness (QED) is 0.824. The highest BCUT2D eigenvalue weighted by Gasteiger charge is 2.23. The molecule has 1 amide bonds. The Kier molecular flexibility index (Phi) is 3.22. The Morgan fingerprint density at radius 3 is 3.00 bits per heavy atom. The molecule has 0 saturated carbocycles. The summed E-state index contributed by atoms with van der Waals surface area (Å²) in [5.74, 6) is -0.311. The third-order valence-corrected chi connectivity index (χ3v) is 2.86. The van der Waals surface area contributed by atoms with Crippen LogP contribution in [-0.2, 0) is 17.8 Å². The molecular formula is C9H10BrF2N3O. The fourth-order valence-corrected chi connectivity index (χ4v) is 2.18. The van der Waals surface area contributed by atoms with E-state index < -0.39 is 13.0 Å². The second-order valence-electron chi connectivity index (χ2n) is 3.60. The minimum Gasteiger partial charge on any atom is -0.335 e. The third-order valence-electron chi connectivity index (χ3n) is 2.47. The first-order valence-electron chi connectivity index (χ1n) is 4.84. The number of nitrogens with zero attached hydrogens (tertiary/aromatic N) is 3. The van der Waals surface area contributed by atoms with Gasteiger partial charge in [0.25, 0.3) is 6.43 Å². The molecule has 16 heavy (non-hydrogen) atoms. The third kappa shape index (κ3) is 2.40. The van der Waals surface area contributed by atoms with E-state index in [0.29, 0.717) is 17.6 Å². The Balaban J connectivity index is 2.13. The zero-order chi connectivity index (χ0) is 11.7.